The van der Waals surface area contributed by atoms with Crippen LogP contribution in [0.5, 0.6) is 0 Å². The fourth-order valence-electron chi connectivity index (χ4n) is 5.15. The zero-order chi connectivity index (χ0) is 31.6. The molecule has 1 aliphatic rings. The molecule has 6 nitrogen and oxygen atoms in total. The van der Waals surface area contributed by atoms with Gasteiger partial charge in [-0.1, -0.05) is 31.2 Å². The highest BCUT2D eigenvalue weighted by Crippen LogP contribution is 2.54. The summed E-state index contributed by atoms with van der Waals surface area (Å²) in [5.41, 5.74) is -4.44. The van der Waals surface area contributed by atoms with Gasteiger partial charge in [0.2, 0.25) is 11.4 Å². The number of carbonyl (C=O) groups excluding carboxylic acids is 1. The van der Waals surface area contributed by atoms with E-state index in [1.807, 2.05) is 0 Å². The van der Waals surface area contributed by atoms with Crippen LogP contribution in [0.3, 0.4) is 0 Å². The summed E-state index contributed by atoms with van der Waals surface area (Å²) in [4.78, 5) is 14.5. The van der Waals surface area contributed by atoms with Crippen LogP contribution in [0.4, 0.5) is 42.1 Å². The Morgan fingerprint density at radius 1 is 0.791 bits per heavy atom. The number of benzene rings is 3. The minimum absolute atomic E-state index is 0.0155. The van der Waals surface area contributed by atoms with Gasteiger partial charge in [-0.2, -0.15) is 26.3 Å². The van der Waals surface area contributed by atoms with Crippen molar-refractivity contribution in [3.63, 3.8) is 0 Å². The number of hydrogen-bond acceptors (Lipinski definition) is 5. The first kappa shape index (κ1) is 32.3. The van der Waals surface area contributed by atoms with E-state index in [4.69, 9.17) is 0 Å². The summed E-state index contributed by atoms with van der Waals surface area (Å²) < 4.78 is 125. The third-order valence-corrected chi connectivity index (χ3v) is 9.13. The lowest BCUT2D eigenvalue weighted by Gasteiger charge is -2.49. The third kappa shape index (κ3) is 6.64. The number of rotatable bonds is 8. The summed E-state index contributed by atoms with van der Waals surface area (Å²) in [7, 11) is -3.43. The van der Waals surface area contributed by atoms with Crippen LogP contribution in [-0.4, -0.2) is 63.5 Å². The SMILES string of the molecule is CCS(=O)(=O)c1ccc(CC(=O)Nc2ccc(C(N3CCN(c4ccc(F)cc4)CC3)(C(F)(F)F)C(F)(F)F)cc2)cc1. The predicted octanol–water partition coefficient (Wildman–Crippen LogP) is 5.94. The van der Waals surface area contributed by atoms with E-state index < -0.39 is 58.1 Å². The van der Waals surface area contributed by atoms with Crippen molar-refractivity contribution in [1.29, 1.82) is 0 Å². The molecule has 0 unspecified atom stereocenters. The molecule has 0 bridgehead atoms. The first-order valence-corrected chi connectivity index (χ1v) is 14.8. The van der Waals surface area contributed by atoms with Crippen molar-refractivity contribution in [3.05, 3.63) is 89.7 Å². The van der Waals surface area contributed by atoms with Crippen molar-refractivity contribution in [1.82, 2.24) is 4.90 Å². The first-order valence-electron chi connectivity index (χ1n) is 13.2. The number of carbonyl (C=O) groups is 1. The molecule has 0 saturated carbocycles. The highest BCUT2D eigenvalue weighted by molar-refractivity contribution is 7.91. The number of alkyl halides is 6. The number of amides is 1. The molecule has 3 aromatic rings. The Hall–Kier alpha value is -3.65. The molecule has 4 rings (SSSR count). The van der Waals surface area contributed by atoms with Crippen molar-refractivity contribution in [2.75, 3.05) is 42.1 Å². The molecule has 3 aromatic carbocycles. The van der Waals surface area contributed by atoms with Gasteiger partial charge in [0, 0.05) is 37.6 Å². The Labute approximate surface area is 244 Å². The molecule has 1 N–H and O–H groups in total. The smallest absolute Gasteiger partial charge is 0.369 e. The van der Waals surface area contributed by atoms with E-state index >= 15 is 0 Å². The van der Waals surface area contributed by atoms with Crippen LogP contribution in [-0.2, 0) is 26.6 Å². The van der Waals surface area contributed by atoms with Gasteiger partial charge in [-0.05, 0) is 59.7 Å². The summed E-state index contributed by atoms with van der Waals surface area (Å²) in [5.74, 6) is -1.22. The summed E-state index contributed by atoms with van der Waals surface area (Å²) in [6.07, 6.45) is -11.7. The van der Waals surface area contributed by atoms with E-state index in [0.29, 0.717) is 28.3 Å². The fourth-order valence-corrected chi connectivity index (χ4v) is 6.03. The second kappa shape index (κ2) is 12.2. The summed E-state index contributed by atoms with van der Waals surface area (Å²) in [5, 5.41) is 2.44. The lowest BCUT2D eigenvalue weighted by Crippen LogP contribution is -2.68. The number of anilines is 2. The number of sulfone groups is 1. The fraction of sp³-hybridized carbons (Fsp3) is 0.345. The number of nitrogens with zero attached hydrogens (tertiary/aromatic N) is 2. The quantitative estimate of drug-likeness (QED) is 0.312. The molecule has 232 valence electrons. The van der Waals surface area contributed by atoms with E-state index in [1.165, 1.54) is 43.3 Å². The molecule has 1 fully saturated rings. The molecule has 1 heterocycles. The zero-order valence-corrected chi connectivity index (χ0v) is 23.7. The number of piperazine rings is 1. The first-order chi connectivity index (χ1) is 20.1. The normalized spacial score (nSPS) is 15.4. The third-order valence-electron chi connectivity index (χ3n) is 7.38. The molecule has 0 aromatic heterocycles. The maximum absolute atomic E-state index is 14.6. The highest BCUT2D eigenvalue weighted by atomic mass is 32.2. The lowest BCUT2D eigenvalue weighted by atomic mass is 9.85. The molecule has 0 aliphatic carbocycles. The van der Waals surface area contributed by atoms with Crippen molar-refractivity contribution < 1.29 is 43.9 Å². The van der Waals surface area contributed by atoms with Crippen LogP contribution in [0.1, 0.15) is 18.1 Å². The van der Waals surface area contributed by atoms with Gasteiger partial charge in [-0.25, -0.2) is 12.8 Å². The van der Waals surface area contributed by atoms with Gasteiger partial charge in [0.15, 0.2) is 9.84 Å². The van der Waals surface area contributed by atoms with Crippen LogP contribution < -0.4 is 10.2 Å². The van der Waals surface area contributed by atoms with Crippen LogP contribution >= 0.6 is 0 Å². The van der Waals surface area contributed by atoms with E-state index in [2.05, 4.69) is 5.32 Å². The second-order valence-electron chi connectivity index (χ2n) is 10.0. The van der Waals surface area contributed by atoms with Crippen molar-refractivity contribution in [3.8, 4) is 0 Å². The lowest BCUT2D eigenvalue weighted by molar-refractivity contribution is -0.349. The topological polar surface area (TPSA) is 69.7 Å². The number of halogens is 7. The van der Waals surface area contributed by atoms with Gasteiger partial charge in [-0.15, -0.1) is 0 Å². The Balaban J connectivity index is 1.53. The molecule has 0 radical (unpaired) electrons. The Morgan fingerprint density at radius 3 is 1.81 bits per heavy atom. The monoisotopic (exact) mass is 631 g/mol. The molecule has 1 aliphatic heterocycles. The second-order valence-corrected chi connectivity index (χ2v) is 12.3. The average Bonchev–Trinajstić information content (AvgIpc) is 2.94. The van der Waals surface area contributed by atoms with Crippen LogP contribution in [0.2, 0.25) is 0 Å². The van der Waals surface area contributed by atoms with Gasteiger partial charge in [0.25, 0.3) is 0 Å². The van der Waals surface area contributed by atoms with Gasteiger partial charge in [-0.3, -0.25) is 9.69 Å². The maximum Gasteiger partial charge on any atom is 0.420 e. The van der Waals surface area contributed by atoms with Crippen molar-refractivity contribution in [2.24, 2.45) is 0 Å². The highest BCUT2D eigenvalue weighted by Gasteiger charge is 2.74. The van der Waals surface area contributed by atoms with Gasteiger partial charge >= 0.3 is 12.4 Å². The Morgan fingerprint density at radius 2 is 1.33 bits per heavy atom. The molecule has 0 spiro atoms. The Bertz CT molecular complexity index is 1500. The van der Waals surface area contributed by atoms with E-state index in [9.17, 15) is 43.9 Å². The molecular weight excluding hydrogens is 603 g/mol. The van der Waals surface area contributed by atoms with Crippen molar-refractivity contribution >= 4 is 27.1 Å². The standard InChI is InChI=1S/C29H28F7N3O3S/c1-2-43(41,42)25-13-3-20(4-14-25)19-26(40)37-23-9-5-21(6-10-23)27(28(31,32)33,29(34,35)36)39-17-15-38(16-18-39)24-11-7-22(30)8-12-24/h3-14H,2,15-19H2,1H3,(H,37,40). The summed E-state index contributed by atoms with van der Waals surface area (Å²) in [6.45, 7) is 0.0318. The molecule has 1 amide bonds. The molecule has 0 atom stereocenters. The van der Waals surface area contributed by atoms with E-state index in [-0.39, 0.29) is 35.8 Å². The largest absolute Gasteiger partial charge is 0.420 e. The van der Waals surface area contributed by atoms with Gasteiger partial charge in [0.1, 0.15) is 5.82 Å². The minimum Gasteiger partial charge on any atom is -0.369 e. The van der Waals surface area contributed by atoms with E-state index in [1.54, 1.807) is 4.90 Å². The predicted molar refractivity (Wildman–Crippen MR) is 147 cm³/mol. The minimum atomic E-state index is -5.74. The molecule has 43 heavy (non-hydrogen) atoms. The maximum atomic E-state index is 14.6. The number of hydrogen-bond donors (Lipinski definition) is 1. The van der Waals surface area contributed by atoms with Crippen LogP contribution in [0, 0.1) is 5.82 Å². The summed E-state index contributed by atoms with van der Waals surface area (Å²) >= 11 is 0. The number of nitrogens with one attached hydrogen (secondary N) is 1. The van der Waals surface area contributed by atoms with E-state index in [0.717, 1.165) is 24.3 Å². The molecule has 1 saturated heterocycles. The Kier molecular flexibility index (Phi) is 9.12. The van der Waals surface area contributed by atoms with Gasteiger partial charge in [0.05, 0.1) is 17.1 Å². The van der Waals surface area contributed by atoms with Crippen molar-refractivity contribution in [2.45, 2.75) is 36.1 Å². The molecular formula is C29H28F7N3O3S. The molecule has 14 heteroatoms. The average molecular weight is 632 g/mol. The zero-order valence-electron chi connectivity index (χ0n) is 22.8. The van der Waals surface area contributed by atoms with Gasteiger partial charge < -0.3 is 10.2 Å². The van der Waals surface area contributed by atoms with Crippen LogP contribution in [0.15, 0.2) is 77.7 Å². The summed E-state index contributed by atoms with van der Waals surface area (Å²) in [6, 6.07) is 14.1. The van der Waals surface area contributed by atoms with Crippen LogP contribution in [0.25, 0.3) is 0 Å².